The molecule has 0 saturated carbocycles. The van der Waals surface area contributed by atoms with Gasteiger partial charge in [0.2, 0.25) is 0 Å². The van der Waals surface area contributed by atoms with Gasteiger partial charge in [-0.05, 0) is 50.2 Å². The Hall–Kier alpha value is -1.28. The Kier molecular flexibility index (Phi) is 4.48. The second-order valence-electron chi connectivity index (χ2n) is 5.27. The highest BCUT2D eigenvalue weighted by Crippen LogP contribution is 2.30. The lowest BCUT2D eigenvalue weighted by Crippen LogP contribution is -2.23. The van der Waals surface area contributed by atoms with Gasteiger partial charge in [0.15, 0.2) is 0 Å². The third kappa shape index (κ3) is 3.68. The lowest BCUT2D eigenvalue weighted by molar-refractivity contribution is -0.0436. The van der Waals surface area contributed by atoms with Gasteiger partial charge in [-0.1, -0.05) is 0 Å². The zero-order valence-corrected chi connectivity index (χ0v) is 12.3. The maximum absolute atomic E-state index is 12.4. The average molecular weight is 322 g/mol. The molecule has 4 nitrogen and oxygen atoms in total. The summed E-state index contributed by atoms with van der Waals surface area (Å²) in [6.07, 6.45) is 1.07. The minimum Gasteiger partial charge on any atom is -0.385 e. The Labute approximate surface area is 121 Å². The van der Waals surface area contributed by atoms with Crippen molar-refractivity contribution < 1.29 is 21.6 Å². The van der Waals surface area contributed by atoms with E-state index in [0.717, 1.165) is 38.2 Å². The molecule has 1 heterocycles. The average Bonchev–Trinajstić information content (AvgIpc) is 2.81. The molecular weight excluding hydrogens is 305 g/mol. The highest BCUT2D eigenvalue weighted by Gasteiger charge is 2.46. The number of nitrogens with one attached hydrogen (secondary N) is 1. The minimum absolute atomic E-state index is 0.494. The van der Waals surface area contributed by atoms with Crippen LogP contribution < -0.4 is 5.32 Å². The number of rotatable bonds is 4. The Balaban J connectivity index is 1.99. The number of likely N-dealkylation sites (tertiary alicyclic amines) is 1. The summed E-state index contributed by atoms with van der Waals surface area (Å²) >= 11 is 0. The summed E-state index contributed by atoms with van der Waals surface area (Å²) in [6.45, 7) is 2.73. The third-order valence-corrected chi connectivity index (χ3v) is 5.06. The molecule has 1 fully saturated rings. The van der Waals surface area contributed by atoms with Crippen molar-refractivity contribution in [1.29, 1.82) is 0 Å². The molecule has 1 aliphatic rings. The molecule has 1 N–H and O–H groups in total. The predicted molar refractivity (Wildman–Crippen MR) is 73.8 cm³/mol. The standard InChI is InChI=1S/C13H17F3N2O2S/c1-18-7-6-10(9-18)8-17-11-2-4-12(5-3-11)21(19,20)13(14,15)16/h2-5,10,17H,6-9H2,1H3. The van der Waals surface area contributed by atoms with Crippen molar-refractivity contribution in [3.8, 4) is 0 Å². The van der Waals surface area contributed by atoms with Gasteiger partial charge in [-0.2, -0.15) is 13.2 Å². The highest BCUT2D eigenvalue weighted by atomic mass is 32.2. The van der Waals surface area contributed by atoms with Gasteiger partial charge in [-0.3, -0.25) is 0 Å². The van der Waals surface area contributed by atoms with Crippen LogP contribution in [0.1, 0.15) is 6.42 Å². The van der Waals surface area contributed by atoms with E-state index in [9.17, 15) is 21.6 Å². The van der Waals surface area contributed by atoms with E-state index in [1.54, 1.807) is 0 Å². The van der Waals surface area contributed by atoms with Crippen molar-refractivity contribution in [1.82, 2.24) is 4.90 Å². The molecule has 0 spiro atoms. The summed E-state index contributed by atoms with van der Waals surface area (Å²) < 4.78 is 59.6. The topological polar surface area (TPSA) is 49.4 Å². The van der Waals surface area contributed by atoms with E-state index in [0.29, 0.717) is 11.6 Å². The predicted octanol–water partition coefficient (Wildman–Crippen LogP) is 2.34. The van der Waals surface area contributed by atoms with Gasteiger partial charge >= 0.3 is 5.51 Å². The monoisotopic (exact) mass is 322 g/mol. The van der Waals surface area contributed by atoms with E-state index in [1.807, 2.05) is 7.05 Å². The van der Waals surface area contributed by atoms with Crippen molar-refractivity contribution >= 4 is 15.5 Å². The number of hydrogen-bond acceptors (Lipinski definition) is 4. The molecule has 1 aromatic carbocycles. The van der Waals surface area contributed by atoms with E-state index in [2.05, 4.69) is 10.2 Å². The molecule has 1 aliphatic heterocycles. The summed E-state index contributed by atoms with van der Waals surface area (Å²) in [6, 6.07) is 4.67. The van der Waals surface area contributed by atoms with Crippen molar-refractivity contribution in [3.63, 3.8) is 0 Å². The first kappa shape index (κ1) is 16.1. The van der Waals surface area contributed by atoms with Crippen molar-refractivity contribution in [2.45, 2.75) is 16.8 Å². The second kappa shape index (κ2) is 5.84. The molecule has 1 unspecified atom stereocenters. The summed E-state index contributed by atoms with van der Waals surface area (Å²) in [5.74, 6) is 0.494. The first-order chi connectivity index (χ1) is 9.70. The van der Waals surface area contributed by atoms with Crippen LogP contribution in [0.15, 0.2) is 29.2 Å². The minimum atomic E-state index is -5.27. The summed E-state index contributed by atoms with van der Waals surface area (Å²) in [5.41, 5.74) is -4.65. The van der Waals surface area contributed by atoms with Gasteiger partial charge in [0, 0.05) is 18.8 Å². The fraction of sp³-hybridized carbons (Fsp3) is 0.538. The molecule has 0 amide bonds. The van der Waals surface area contributed by atoms with Gasteiger partial charge in [-0.25, -0.2) is 8.42 Å². The Morgan fingerprint density at radius 3 is 2.38 bits per heavy atom. The quantitative estimate of drug-likeness (QED) is 0.924. The number of sulfone groups is 1. The number of halogens is 3. The number of alkyl halides is 3. The lowest BCUT2D eigenvalue weighted by Gasteiger charge is -2.13. The zero-order chi connectivity index (χ0) is 15.7. The first-order valence-electron chi connectivity index (χ1n) is 6.54. The normalized spacial score (nSPS) is 20.7. The molecule has 1 aromatic rings. The number of hydrogen-bond donors (Lipinski definition) is 1. The third-order valence-electron chi connectivity index (χ3n) is 3.55. The molecule has 1 saturated heterocycles. The summed E-state index contributed by atoms with van der Waals surface area (Å²) in [5, 5.41) is 3.12. The smallest absolute Gasteiger partial charge is 0.385 e. The molecule has 0 radical (unpaired) electrons. The van der Waals surface area contributed by atoms with Crippen LogP contribution in [-0.4, -0.2) is 45.5 Å². The molecule has 0 aliphatic carbocycles. The van der Waals surface area contributed by atoms with Crippen LogP contribution >= 0.6 is 0 Å². The van der Waals surface area contributed by atoms with Crippen LogP contribution in [0.4, 0.5) is 18.9 Å². The van der Waals surface area contributed by atoms with Crippen LogP contribution in [0.2, 0.25) is 0 Å². The molecule has 2 rings (SSSR count). The molecule has 0 aromatic heterocycles. The molecule has 21 heavy (non-hydrogen) atoms. The van der Waals surface area contributed by atoms with Gasteiger partial charge in [-0.15, -0.1) is 0 Å². The van der Waals surface area contributed by atoms with E-state index in [-0.39, 0.29) is 0 Å². The van der Waals surface area contributed by atoms with Gasteiger partial charge in [0.1, 0.15) is 0 Å². The van der Waals surface area contributed by atoms with E-state index >= 15 is 0 Å². The molecule has 1 atom stereocenters. The van der Waals surface area contributed by atoms with Crippen LogP contribution in [0.25, 0.3) is 0 Å². The number of anilines is 1. The zero-order valence-electron chi connectivity index (χ0n) is 11.5. The van der Waals surface area contributed by atoms with Gasteiger partial charge in [0.05, 0.1) is 4.90 Å². The fourth-order valence-corrected chi connectivity index (χ4v) is 3.10. The summed E-state index contributed by atoms with van der Waals surface area (Å²) in [7, 11) is -3.23. The maximum atomic E-state index is 12.4. The van der Waals surface area contributed by atoms with E-state index in [1.165, 1.54) is 12.1 Å². The van der Waals surface area contributed by atoms with Crippen LogP contribution in [0.3, 0.4) is 0 Å². The second-order valence-corrected chi connectivity index (χ2v) is 7.21. The molecule has 118 valence electrons. The maximum Gasteiger partial charge on any atom is 0.501 e. The largest absolute Gasteiger partial charge is 0.501 e. The van der Waals surface area contributed by atoms with E-state index in [4.69, 9.17) is 0 Å². The van der Waals surface area contributed by atoms with E-state index < -0.39 is 20.2 Å². The van der Waals surface area contributed by atoms with Crippen LogP contribution in [0.5, 0.6) is 0 Å². The first-order valence-corrected chi connectivity index (χ1v) is 8.02. The van der Waals surface area contributed by atoms with Crippen molar-refractivity contribution in [2.75, 3.05) is 32.0 Å². The van der Waals surface area contributed by atoms with Crippen molar-refractivity contribution in [2.24, 2.45) is 5.92 Å². The fourth-order valence-electron chi connectivity index (χ4n) is 2.34. The lowest BCUT2D eigenvalue weighted by atomic mass is 10.1. The Morgan fingerprint density at radius 2 is 1.90 bits per heavy atom. The molecule has 8 heteroatoms. The van der Waals surface area contributed by atoms with Crippen LogP contribution in [-0.2, 0) is 9.84 Å². The Morgan fingerprint density at radius 1 is 1.29 bits per heavy atom. The SMILES string of the molecule is CN1CCC(CNc2ccc(S(=O)(=O)C(F)(F)F)cc2)C1. The summed E-state index contributed by atoms with van der Waals surface area (Å²) in [4.78, 5) is 1.48. The molecular formula is C13H17F3N2O2S. The Bertz CT molecular complexity index is 584. The molecule has 0 bridgehead atoms. The van der Waals surface area contributed by atoms with Gasteiger partial charge in [0.25, 0.3) is 9.84 Å². The van der Waals surface area contributed by atoms with Gasteiger partial charge < -0.3 is 10.2 Å². The number of benzene rings is 1. The van der Waals surface area contributed by atoms with Crippen LogP contribution in [0, 0.1) is 5.92 Å². The van der Waals surface area contributed by atoms with Crippen molar-refractivity contribution in [3.05, 3.63) is 24.3 Å². The highest BCUT2D eigenvalue weighted by molar-refractivity contribution is 7.92. The number of nitrogens with zero attached hydrogens (tertiary/aromatic N) is 1.